The fourth-order valence-electron chi connectivity index (χ4n) is 16.0. The van der Waals surface area contributed by atoms with Crippen LogP contribution in [0.2, 0.25) is 0 Å². The standard InChI is InChI=1S/C23H29N7O3.C22H28N6O4.C17H20N6O2.C15H21N5O3.C8H11BO3.C6H11NO2/c1-15-7-8-16(12-18(15)33-4)29-20-21(24)25-14-26-22(20)30(23(29)32)17-9-11-28(13-17)19(31)6-5-10-27(2)3;1-13-6-7-14(10-16(13)31-5)27-17-18(23)24-12-25-19(17)28(20(27)29)15-8-9-26(11-15)21(30)32-22(2,3)4;1-10-3-4-11(7-13(10)25-2)22-14-15(18)20-9-21-16(14)23(17(22)24)12-5-6-19-8-12;1-15(2,3)23-14(22)19-5-4-9(7-19)20-11(21)6-10-12(16)17-8-18-13(10)20;1-6-3-4-7(9(10)11)5-8(6)12-2;1-7(2)5-3-4-6(8)9/h5-8,12,14,17H,9-11,13H2,1-4H3,(H2,24,25,26);6-7,10,12,15H,8-9,11H2,1-5H3,(H2,23,24,25);3-4,7,9,12,19H,5-6,8H2,1-2H3,(H2,18,20,21);8-9H,4-7H2,1-3H3,(H2,16,17,18);3-5,10-11H,1-2H3;3-4H,5H2,1-2H3,(H,8,9)/b6-5+;;;;;4-3+/t17-;15-;12-;9-;;/m1111../s1. The molecule has 0 bridgehead atoms. The van der Waals surface area contributed by atoms with Crippen molar-refractivity contribution in [1.82, 2.24) is 97.1 Å². The van der Waals surface area contributed by atoms with E-state index >= 15 is 0 Å². The number of hydrogen-bond donors (Lipinski definition) is 8. The van der Waals surface area contributed by atoms with Crippen molar-refractivity contribution in [3.05, 3.63) is 182 Å². The van der Waals surface area contributed by atoms with Crippen molar-refractivity contribution >= 4 is 105 Å². The maximum atomic E-state index is 13.7. The largest absolute Gasteiger partial charge is 0.497 e. The van der Waals surface area contributed by atoms with Crippen molar-refractivity contribution in [1.29, 1.82) is 0 Å². The Morgan fingerprint density at radius 3 is 1.24 bits per heavy atom. The van der Waals surface area contributed by atoms with Crippen LogP contribution in [0.4, 0.5) is 38.7 Å². The highest BCUT2D eigenvalue weighted by molar-refractivity contribution is 6.58. The van der Waals surface area contributed by atoms with Crippen LogP contribution < -0.4 is 74.6 Å². The normalized spacial score (nSPS) is 16.4. The number of ether oxygens (including phenoxy) is 6. The van der Waals surface area contributed by atoms with E-state index in [1.165, 1.54) is 34.4 Å². The van der Waals surface area contributed by atoms with Crippen molar-refractivity contribution in [2.24, 2.45) is 0 Å². The van der Waals surface area contributed by atoms with E-state index < -0.39 is 30.4 Å². The molecule has 0 spiro atoms. The van der Waals surface area contributed by atoms with E-state index in [9.17, 15) is 38.4 Å². The number of methoxy groups -OCH3 is 4. The second-order valence-corrected chi connectivity index (χ2v) is 35.1. The smallest absolute Gasteiger partial charge is 0.488 e. The number of aryl methyl sites for hydroxylation is 4. The molecule has 12 heterocycles. The lowest BCUT2D eigenvalue weighted by Crippen LogP contribution is -2.42. The number of amides is 4. The summed E-state index contributed by atoms with van der Waals surface area (Å²) in [5.74, 6) is 3.30. The Bertz CT molecular complexity index is 6360. The molecule has 4 atom stereocenters. The van der Waals surface area contributed by atoms with Gasteiger partial charge in [0.05, 0.1) is 76.1 Å². The molecule has 43 heteroatoms. The molecule has 134 heavy (non-hydrogen) atoms. The Balaban J connectivity index is 0.000000161. The maximum absolute atomic E-state index is 13.7. The first-order valence-corrected chi connectivity index (χ1v) is 43.5. The third kappa shape index (κ3) is 23.4. The van der Waals surface area contributed by atoms with Crippen molar-refractivity contribution in [3.8, 4) is 40.1 Å². The lowest BCUT2D eigenvalue weighted by molar-refractivity contribution is -0.131. The number of nitrogen functional groups attached to an aromatic ring is 4. The molecule has 11 aromatic rings. The first-order chi connectivity index (χ1) is 63.6. The minimum absolute atomic E-state index is 0.0526. The summed E-state index contributed by atoms with van der Waals surface area (Å²) in [5.41, 5.74) is 32.2. The molecule has 0 saturated carbocycles. The second-order valence-electron chi connectivity index (χ2n) is 35.1. The van der Waals surface area contributed by atoms with E-state index in [0.717, 1.165) is 47.8 Å². The number of nitrogens with one attached hydrogen (secondary N) is 1. The molecule has 42 nitrogen and oxygen atoms in total. The third-order valence-electron chi connectivity index (χ3n) is 22.6. The molecule has 4 fully saturated rings. The predicted octanol–water partition coefficient (Wildman–Crippen LogP) is 5.88. The van der Waals surface area contributed by atoms with Gasteiger partial charge < -0.3 is 96.3 Å². The SMILES string of the molecule is CC(C)(C)OC(=O)N1CC[C@@H](N2C(=O)Cc3c(N)ncnc32)C1.CN(C)C/C=C/C(=O)O.COc1cc(-n2c(=O)n([C@@H]3CCN(C(=O)/C=C/CN(C)C)C3)c3ncnc(N)c32)ccc1C.COc1cc(-n2c(=O)n([C@@H]3CCN(C(=O)OC(C)(C)C)C3)c3ncnc(N)c32)ccc1C.COc1cc(-n2c(=O)n([C@@H]3CCNC3)c3ncnc(N)c32)ccc1C.COc1cc(B(O)O)ccc1C. The highest BCUT2D eigenvalue weighted by Gasteiger charge is 2.42. The molecule has 5 aliphatic rings. The summed E-state index contributed by atoms with van der Waals surface area (Å²) in [5, 5.41) is 29.1. The zero-order chi connectivity index (χ0) is 97.6. The predicted molar refractivity (Wildman–Crippen MR) is 509 cm³/mol. The number of aromatic nitrogens is 14. The lowest BCUT2D eigenvalue weighted by atomic mass is 9.80. The number of carbonyl (C=O) groups excluding carboxylic acids is 4. The van der Waals surface area contributed by atoms with Crippen molar-refractivity contribution < 1.29 is 67.5 Å². The fourth-order valence-corrected chi connectivity index (χ4v) is 16.0. The van der Waals surface area contributed by atoms with Gasteiger partial charge in [0.1, 0.15) is 87.7 Å². The summed E-state index contributed by atoms with van der Waals surface area (Å²) < 4.78 is 41.7. The number of hydrogen-bond acceptors (Lipinski definition) is 31. The maximum Gasteiger partial charge on any atom is 0.488 e. The molecular formula is C91H120BN25O17. The molecular weight excluding hydrogens is 1730 g/mol. The number of likely N-dealkylation sites (tertiary alicyclic amines) is 3. The first-order valence-electron chi connectivity index (χ1n) is 43.5. The zero-order valence-electron chi connectivity index (χ0n) is 78.9. The number of likely N-dealkylation sites (N-methyl/N-ethyl adjacent to an activating group) is 2. The summed E-state index contributed by atoms with van der Waals surface area (Å²) in [6.07, 6.45) is 13.9. The van der Waals surface area contributed by atoms with E-state index in [0.29, 0.717) is 168 Å². The quantitative estimate of drug-likeness (QED) is 0.0367. The van der Waals surface area contributed by atoms with Crippen LogP contribution in [-0.4, -0.2) is 283 Å². The van der Waals surface area contributed by atoms with Gasteiger partial charge >= 0.3 is 42.3 Å². The number of fused-ring (bicyclic) bond motifs is 4. The minimum Gasteiger partial charge on any atom is -0.497 e. The Labute approximate surface area is 774 Å². The van der Waals surface area contributed by atoms with Crippen molar-refractivity contribution in [3.63, 3.8) is 0 Å². The number of carbonyl (C=O) groups is 5. The van der Waals surface area contributed by atoms with E-state index in [2.05, 4.69) is 45.2 Å². The average Bonchev–Trinajstić information content (AvgIpc) is 1.63. The summed E-state index contributed by atoms with van der Waals surface area (Å²) in [7, 11) is 12.6. The van der Waals surface area contributed by atoms with Crippen LogP contribution in [0.5, 0.6) is 23.0 Å². The second kappa shape index (κ2) is 43.4. The number of aliphatic carboxylic acids is 1. The van der Waals surface area contributed by atoms with Crippen LogP contribution >= 0.6 is 0 Å². The molecule has 12 N–H and O–H groups in total. The average molecular weight is 1850 g/mol. The van der Waals surface area contributed by atoms with Gasteiger partial charge in [0.25, 0.3) is 0 Å². The Morgan fingerprint density at radius 2 is 0.851 bits per heavy atom. The summed E-state index contributed by atoms with van der Waals surface area (Å²) >= 11 is 0. The topological polar surface area (TPSA) is 521 Å². The van der Waals surface area contributed by atoms with Gasteiger partial charge in [-0.1, -0.05) is 42.5 Å². The Kier molecular flexibility index (Phi) is 32.5. The highest BCUT2D eigenvalue weighted by atomic mass is 16.6. The van der Waals surface area contributed by atoms with Crippen LogP contribution in [0.15, 0.2) is 137 Å². The van der Waals surface area contributed by atoms with Crippen LogP contribution in [0.3, 0.4) is 0 Å². The van der Waals surface area contributed by atoms with Crippen LogP contribution in [-0.2, 0) is 30.3 Å². The minimum atomic E-state index is -1.43. The molecule has 0 unspecified atom stereocenters. The molecule has 714 valence electrons. The van der Waals surface area contributed by atoms with Crippen LogP contribution in [0.1, 0.15) is 113 Å². The molecule has 4 amide bonds. The number of nitrogens with two attached hydrogens (primary N) is 4. The highest BCUT2D eigenvalue weighted by Crippen LogP contribution is 2.37. The Hall–Kier alpha value is -14.3. The number of anilines is 5. The number of nitrogens with zero attached hydrogens (tertiary/aromatic N) is 20. The van der Waals surface area contributed by atoms with E-state index in [1.54, 1.807) is 109 Å². The number of carboxylic acids is 1. The number of benzene rings is 4. The molecule has 5 aliphatic heterocycles. The van der Waals surface area contributed by atoms with Gasteiger partial charge in [0.15, 0.2) is 34.4 Å². The van der Waals surface area contributed by atoms with Crippen LogP contribution in [0, 0.1) is 27.7 Å². The van der Waals surface area contributed by atoms with Crippen molar-refractivity contribution in [2.75, 3.05) is 150 Å². The fraction of sp³-hybridized carbons (Fsp3) is 0.429. The molecule has 4 aromatic carbocycles. The Morgan fingerprint density at radius 1 is 0.485 bits per heavy atom. The molecule has 16 rings (SSSR count). The van der Waals surface area contributed by atoms with E-state index in [1.807, 2.05) is 156 Å². The van der Waals surface area contributed by atoms with Crippen LogP contribution in [0.25, 0.3) is 50.6 Å². The van der Waals surface area contributed by atoms with Gasteiger partial charge in [-0.15, -0.1) is 0 Å². The van der Waals surface area contributed by atoms with E-state index in [-0.39, 0.29) is 83.0 Å². The first kappa shape index (κ1) is 100. The molecule has 4 saturated heterocycles. The van der Waals surface area contributed by atoms with Gasteiger partial charge in [0, 0.05) is 94.8 Å². The summed E-state index contributed by atoms with van der Waals surface area (Å²) in [6, 6.07) is 21.2. The van der Waals surface area contributed by atoms with Gasteiger partial charge in [-0.05, 0) is 182 Å². The van der Waals surface area contributed by atoms with E-state index in [4.69, 9.17) is 66.5 Å². The third-order valence-corrected chi connectivity index (χ3v) is 22.6. The molecule has 7 aromatic heterocycles. The van der Waals surface area contributed by atoms with Gasteiger partial charge in [-0.3, -0.25) is 41.9 Å². The summed E-state index contributed by atoms with van der Waals surface area (Å²) in [4.78, 5) is 144. The van der Waals surface area contributed by atoms with Gasteiger partial charge in [-0.2, -0.15) is 0 Å². The summed E-state index contributed by atoms with van der Waals surface area (Å²) in [6.45, 7) is 24.5. The lowest BCUT2D eigenvalue weighted by Gasteiger charge is -2.26. The number of carboxylic acid groups (broad SMARTS) is 1. The monoisotopic (exact) mass is 1850 g/mol. The number of rotatable bonds is 18. The van der Waals surface area contributed by atoms with Gasteiger partial charge in [-0.25, -0.2) is 68.6 Å². The zero-order valence-corrected chi connectivity index (χ0v) is 78.9. The number of imidazole rings is 3. The van der Waals surface area contributed by atoms with Crippen molar-refractivity contribution in [2.45, 2.75) is 137 Å². The molecule has 0 radical (unpaired) electrons. The molecule has 0 aliphatic carbocycles. The van der Waals surface area contributed by atoms with Gasteiger partial charge in [0.2, 0.25) is 11.8 Å².